The van der Waals surface area contributed by atoms with Crippen molar-refractivity contribution < 1.29 is 0 Å². The molecule has 1 rings (SSSR count). The van der Waals surface area contributed by atoms with Crippen molar-refractivity contribution in [1.82, 2.24) is 10.6 Å². The topological polar surface area (TPSA) is 24.1 Å². The number of piperidine rings is 1. The van der Waals surface area contributed by atoms with E-state index in [4.69, 9.17) is 0 Å². The minimum absolute atomic E-state index is 0.734. The summed E-state index contributed by atoms with van der Waals surface area (Å²) in [6.07, 6.45) is 5.41. The molecular weight excluding hydrogens is 160 g/mol. The van der Waals surface area contributed by atoms with Crippen molar-refractivity contribution in [2.24, 2.45) is 5.92 Å². The second-order valence-electron chi connectivity index (χ2n) is 4.32. The summed E-state index contributed by atoms with van der Waals surface area (Å²) in [4.78, 5) is 0. The molecule has 0 aromatic carbocycles. The first-order valence-electron chi connectivity index (χ1n) is 5.77. The average Bonchev–Trinajstić information content (AvgIpc) is 2.19. The number of hydrogen-bond donors (Lipinski definition) is 2. The van der Waals surface area contributed by atoms with E-state index >= 15 is 0 Å². The van der Waals surface area contributed by atoms with Gasteiger partial charge in [-0.05, 0) is 31.8 Å². The van der Waals surface area contributed by atoms with Crippen molar-refractivity contribution in [1.29, 1.82) is 0 Å². The van der Waals surface area contributed by atoms with Crippen LogP contribution < -0.4 is 10.6 Å². The van der Waals surface area contributed by atoms with Crippen molar-refractivity contribution in [2.45, 2.75) is 45.6 Å². The van der Waals surface area contributed by atoms with Crippen LogP contribution >= 0.6 is 0 Å². The van der Waals surface area contributed by atoms with Crippen LogP contribution in [0, 0.1) is 5.92 Å². The summed E-state index contributed by atoms with van der Waals surface area (Å²) in [6, 6.07) is 0.734. The molecule has 0 aromatic rings. The van der Waals surface area contributed by atoms with Crippen LogP contribution in [0.2, 0.25) is 0 Å². The van der Waals surface area contributed by atoms with Crippen molar-refractivity contribution in [3.8, 4) is 0 Å². The second kappa shape index (κ2) is 6.39. The van der Waals surface area contributed by atoms with E-state index in [2.05, 4.69) is 24.5 Å². The number of nitrogens with one attached hydrogen (secondary N) is 2. The van der Waals surface area contributed by atoms with Gasteiger partial charge < -0.3 is 10.6 Å². The molecule has 1 saturated heterocycles. The highest BCUT2D eigenvalue weighted by Gasteiger charge is 2.11. The van der Waals surface area contributed by atoms with Gasteiger partial charge in [0.25, 0.3) is 0 Å². The first-order valence-corrected chi connectivity index (χ1v) is 5.77. The lowest BCUT2D eigenvalue weighted by atomic mass is 10.0. The summed E-state index contributed by atoms with van der Waals surface area (Å²) < 4.78 is 0. The predicted octanol–water partition coefficient (Wildman–Crippen LogP) is 1.76. The molecule has 2 heteroatoms. The first kappa shape index (κ1) is 11.0. The molecule has 1 aliphatic heterocycles. The van der Waals surface area contributed by atoms with E-state index in [0.29, 0.717) is 0 Å². The van der Waals surface area contributed by atoms with Crippen molar-refractivity contribution >= 4 is 0 Å². The van der Waals surface area contributed by atoms with Crippen molar-refractivity contribution in [3.05, 3.63) is 0 Å². The molecule has 0 aliphatic carbocycles. The van der Waals surface area contributed by atoms with E-state index in [1.807, 2.05) is 0 Å². The molecule has 0 spiro atoms. The van der Waals surface area contributed by atoms with Crippen LogP contribution in [0.3, 0.4) is 0 Å². The molecule has 78 valence electrons. The minimum atomic E-state index is 0.734. The largest absolute Gasteiger partial charge is 0.315 e. The van der Waals surface area contributed by atoms with Gasteiger partial charge in [0.2, 0.25) is 0 Å². The van der Waals surface area contributed by atoms with Gasteiger partial charge >= 0.3 is 0 Å². The van der Waals surface area contributed by atoms with Crippen molar-refractivity contribution in [2.75, 3.05) is 19.6 Å². The normalized spacial score (nSPS) is 25.8. The zero-order valence-corrected chi connectivity index (χ0v) is 9.10. The van der Waals surface area contributed by atoms with E-state index in [1.165, 1.54) is 38.8 Å². The number of hydrogen-bond acceptors (Lipinski definition) is 2. The standard InChI is InChI=1S/C11H24N2/c1-3-10(2)8-12-9-11-6-4-5-7-13-11/h10-13H,3-9H2,1-2H3. The van der Waals surface area contributed by atoms with Gasteiger partial charge in [-0.15, -0.1) is 0 Å². The van der Waals surface area contributed by atoms with Crippen LogP contribution in [0.4, 0.5) is 0 Å². The molecular formula is C11H24N2. The predicted molar refractivity (Wildman–Crippen MR) is 58.0 cm³/mol. The summed E-state index contributed by atoms with van der Waals surface area (Å²) in [5, 5.41) is 7.09. The Morgan fingerprint density at radius 3 is 2.92 bits per heavy atom. The maximum absolute atomic E-state index is 3.55. The lowest BCUT2D eigenvalue weighted by Crippen LogP contribution is -2.42. The van der Waals surface area contributed by atoms with Gasteiger partial charge in [0.05, 0.1) is 0 Å². The molecule has 0 aromatic heterocycles. The van der Waals surface area contributed by atoms with Crippen molar-refractivity contribution in [3.63, 3.8) is 0 Å². The van der Waals surface area contributed by atoms with Gasteiger partial charge in [0, 0.05) is 12.6 Å². The maximum Gasteiger partial charge on any atom is 0.0192 e. The lowest BCUT2D eigenvalue weighted by Gasteiger charge is -2.24. The van der Waals surface area contributed by atoms with Gasteiger partial charge in [0.1, 0.15) is 0 Å². The summed E-state index contributed by atoms with van der Waals surface area (Å²) >= 11 is 0. The highest BCUT2D eigenvalue weighted by molar-refractivity contribution is 4.74. The molecule has 13 heavy (non-hydrogen) atoms. The van der Waals surface area contributed by atoms with Gasteiger partial charge in [-0.25, -0.2) is 0 Å². The van der Waals surface area contributed by atoms with Crippen LogP contribution in [0.1, 0.15) is 39.5 Å². The summed E-state index contributed by atoms with van der Waals surface area (Å²) in [7, 11) is 0. The van der Waals surface area contributed by atoms with Crippen LogP contribution in [0.25, 0.3) is 0 Å². The Bertz CT molecular complexity index is 119. The fourth-order valence-corrected chi connectivity index (χ4v) is 1.75. The number of rotatable bonds is 5. The van der Waals surface area contributed by atoms with E-state index in [0.717, 1.165) is 18.5 Å². The highest BCUT2D eigenvalue weighted by atomic mass is 15.0. The smallest absolute Gasteiger partial charge is 0.0192 e. The fourth-order valence-electron chi connectivity index (χ4n) is 1.75. The molecule has 0 radical (unpaired) electrons. The SMILES string of the molecule is CCC(C)CNCC1CCCCN1. The van der Waals surface area contributed by atoms with E-state index in [1.54, 1.807) is 0 Å². The Kier molecular flexibility index (Phi) is 5.40. The lowest BCUT2D eigenvalue weighted by molar-refractivity contribution is 0.372. The summed E-state index contributed by atoms with van der Waals surface area (Å²) in [5.74, 6) is 0.823. The molecule has 0 bridgehead atoms. The maximum atomic E-state index is 3.55. The fraction of sp³-hybridized carbons (Fsp3) is 1.00. The average molecular weight is 184 g/mol. The third-order valence-corrected chi connectivity index (χ3v) is 2.99. The molecule has 2 unspecified atom stereocenters. The zero-order valence-electron chi connectivity index (χ0n) is 9.10. The first-order chi connectivity index (χ1) is 6.33. The van der Waals surface area contributed by atoms with E-state index < -0.39 is 0 Å². The molecule has 1 heterocycles. The molecule has 1 aliphatic rings. The Morgan fingerprint density at radius 1 is 1.46 bits per heavy atom. The van der Waals surface area contributed by atoms with E-state index in [9.17, 15) is 0 Å². The zero-order chi connectivity index (χ0) is 9.52. The molecule has 2 atom stereocenters. The van der Waals surface area contributed by atoms with Gasteiger partial charge in [-0.3, -0.25) is 0 Å². The summed E-state index contributed by atoms with van der Waals surface area (Å²) in [6.45, 7) is 8.11. The van der Waals surface area contributed by atoms with E-state index in [-0.39, 0.29) is 0 Å². The Hall–Kier alpha value is -0.0800. The second-order valence-corrected chi connectivity index (χ2v) is 4.32. The third kappa shape index (κ3) is 4.63. The van der Waals surface area contributed by atoms with Gasteiger partial charge in [-0.2, -0.15) is 0 Å². The summed E-state index contributed by atoms with van der Waals surface area (Å²) in [5.41, 5.74) is 0. The van der Waals surface area contributed by atoms with Gasteiger partial charge in [0.15, 0.2) is 0 Å². The Balaban J connectivity index is 1.98. The molecule has 2 N–H and O–H groups in total. The quantitative estimate of drug-likeness (QED) is 0.680. The third-order valence-electron chi connectivity index (χ3n) is 2.99. The molecule has 2 nitrogen and oxygen atoms in total. The molecule has 0 amide bonds. The monoisotopic (exact) mass is 184 g/mol. The molecule has 1 fully saturated rings. The van der Waals surface area contributed by atoms with Crippen LogP contribution in [-0.4, -0.2) is 25.7 Å². The van der Waals surface area contributed by atoms with Crippen LogP contribution in [0.15, 0.2) is 0 Å². The van der Waals surface area contributed by atoms with Crippen LogP contribution in [-0.2, 0) is 0 Å². The Labute approximate surface area is 82.5 Å². The minimum Gasteiger partial charge on any atom is -0.315 e. The van der Waals surface area contributed by atoms with Gasteiger partial charge in [-0.1, -0.05) is 26.7 Å². The Morgan fingerprint density at radius 2 is 2.31 bits per heavy atom. The van der Waals surface area contributed by atoms with Crippen LogP contribution in [0.5, 0.6) is 0 Å². The molecule has 0 saturated carbocycles. The highest BCUT2D eigenvalue weighted by Crippen LogP contribution is 2.06.